The molecule has 0 radical (unpaired) electrons. The monoisotopic (exact) mass is 583 g/mol. The first-order valence-corrected chi connectivity index (χ1v) is 14.5. The molecule has 0 bridgehead atoms. The molecule has 1 aromatic heterocycles. The Morgan fingerprint density at radius 2 is 1.65 bits per heavy atom. The first kappa shape index (κ1) is 29.8. The Morgan fingerprint density at radius 1 is 1.05 bits per heavy atom. The van der Waals surface area contributed by atoms with Gasteiger partial charge in [-0.25, -0.2) is 0 Å². The van der Waals surface area contributed by atoms with Crippen molar-refractivity contribution in [2.45, 2.75) is 62.9 Å². The van der Waals surface area contributed by atoms with Crippen LogP contribution in [0.5, 0.6) is 0 Å². The average Bonchev–Trinajstić information content (AvgIpc) is 3.72. The molecule has 1 fully saturated rings. The first-order chi connectivity index (χ1) is 20.6. The second-order valence-electron chi connectivity index (χ2n) is 11.8. The number of likely N-dealkylation sites (tertiary alicyclic amines) is 1. The van der Waals surface area contributed by atoms with Gasteiger partial charge in [0.25, 0.3) is 11.8 Å². The summed E-state index contributed by atoms with van der Waals surface area (Å²) in [5.74, 6) is -0.0372. The molecule has 3 aromatic rings. The van der Waals surface area contributed by atoms with Crippen LogP contribution in [0, 0.1) is 11.3 Å². The van der Waals surface area contributed by atoms with Gasteiger partial charge in [0.1, 0.15) is 6.04 Å². The summed E-state index contributed by atoms with van der Waals surface area (Å²) in [7, 11) is 3.20. The number of nitrogens with zero attached hydrogens (tertiary/aromatic N) is 5. The lowest BCUT2D eigenvalue weighted by Gasteiger charge is -2.41. The van der Waals surface area contributed by atoms with Crippen molar-refractivity contribution in [3.63, 3.8) is 0 Å². The highest BCUT2D eigenvalue weighted by atomic mass is 16.2. The topological polar surface area (TPSA) is 169 Å². The summed E-state index contributed by atoms with van der Waals surface area (Å²) in [4.78, 5) is 40.1. The van der Waals surface area contributed by atoms with Crippen molar-refractivity contribution in [3.05, 3.63) is 75.6 Å². The molecule has 1 atom stereocenters. The Hall–Kier alpha value is -4.63. The fourth-order valence-electron chi connectivity index (χ4n) is 6.61. The van der Waals surface area contributed by atoms with Gasteiger partial charge in [0, 0.05) is 37.3 Å². The number of benzene rings is 2. The minimum atomic E-state index is -0.945. The maximum absolute atomic E-state index is 13.2. The van der Waals surface area contributed by atoms with E-state index in [2.05, 4.69) is 42.6 Å². The third-order valence-corrected chi connectivity index (χ3v) is 8.65. The molecule has 0 spiro atoms. The number of tetrazole rings is 1. The molecule has 1 aliphatic carbocycles. The van der Waals surface area contributed by atoms with E-state index >= 15 is 0 Å². The number of fused-ring (bicyclic) bond motifs is 2. The zero-order valence-corrected chi connectivity index (χ0v) is 25.0. The van der Waals surface area contributed by atoms with Gasteiger partial charge in [-0.15, -0.1) is 10.2 Å². The van der Waals surface area contributed by atoms with Crippen LogP contribution in [0.3, 0.4) is 0 Å². The van der Waals surface area contributed by atoms with E-state index in [1.54, 1.807) is 31.1 Å². The minimum absolute atomic E-state index is 0.0679. The molecule has 1 aliphatic heterocycles. The predicted octanol–water partition coefficient (Wildman–Crippen LogP) is 1.62. The van der Waals surface area contributed by atoms with Gasteiger partial charge in [-0.2, -0.15) is 10.5 Å². The maximum atomic E-state index is 13.2. The van der Waals surface area contributed by atoms with Crippen LogP contribution < -0.4 is 16.0 Å². The molecule has 12 nitrogen and oxygen atoms in total. The van der Waals surface area contributed by atoms with Crippen LogP contribution in [0.25, 0.3) is 0 Å². The number of carbonyl (C=O) groups excluding carboxylic acids is 3. The summed E-state index contributed by atoms with van der Waals surface area (Å²) >= 11 is 0. The van der Waals surface area contributed by atoms with Crippen LogP contribution >= 0.6 is 0 Å². The van der Waals surface area contributed by atoms with Crippen molar-refractivity contribution < 1.29 is 14.4 Å². The number of hydrogen-bond acceptors (Lipinski definition) is 8. The first-order valence-electron chi connectivity index (χ1n) is 14.5. The van der Waals surface area contributed by atoms with E-state index < -0.39 is 17.0 Å². The summed E-state index contributed by atoms with van der Waals surface area (Å²) in [6.07, 6.45) is 3.18. The highest BCUT2D eigenvalue weighted by molar-refractivity contribution is 5.95. The molecule has 2 heterocycles. The largest absolute Gasteiger partial charge is 0.355 e. The van der Waals surface area contributed by atoms with Crippen LogP contribution in [0.4, 0.5) is 0 Å². The van der Waals surface area contributed by atoms with Crippen LogP contribution in [-0.2, 0) is 23.1 Å². The van der Waals surface area contributed by atoms with E-state index in [1.807, 2.05) is 38.1 Å². The zero-order chi connectivity index (χ0) is 30.8. The molecular weight excluding hydrogens is 546 g/mol. The minimum Gasteiger partial charge on any atom is -0.355 e. The molecule has 5 rings (SSSR count). The number of rotatable bonds is 8. The lowest BCUT2D eigenvalue weighted by molar-refractivity contribution is -0.130. The number of hydrogen-bond donors (Lipinski definition) is 4. The van der Waals surface area contributed by atoms with Crippen molar-refractivity contribution in [1.82, 2.24) is 41.5 Å². The van der Waals surface area contributed by atoms with E-state index in [1.165, 1.54) is 0 Å². The Labute approximate surface area is 250 Å². The number of carbonyl (C=O) groups is 3. The number of H-pyrrole nitrogens is 1. The highest BCUT2D eigenvalue weighted by Crippen LogP contribution is 2.48. The normalized spacial score (nSPS) is 17.3. The third-order valence-electron chi connectivity index (χ3n) is 8.65. The van der Waals surface area contributed by atoms with Gasteiger partial charge in [-0.3, -0.25) is 14.4 Å². The highest BCUT2D eigenvalue weighted by Gasteiger charge is 2.48. The summed E-state index contributed by atoms with van der Waals surface area (Å²) in [5.41, 5.74) is 3.28. The molecule has 224 valence electrons. The number of aromatic amines is 1. The third kappa shape index (κ3) is 5.60. The van der Waals surface area contributed by atoms with Crippen molar-refractivity contribution in [1.29, 1.82) is 5.26 Å². The lowest BCUT2D eigenvalue weighted by Crippen LogP contribution is -2.51. The number of nitriles is 1. The SMILES string of the molecule is CNC(=O)c1ccc2c(c1)CCc1cc(C(=O)NC)ccc1C2(CC(C)(C)NCC(=O)N1CCCC1C#N)c1nn[nH]n1. The van der Waals surface area contributed by atoms with E-state index in [4.69, 9.17) is 0 Å². The van der Waals surface area contributed by atoms with Gasteiger partial charge < -0.3 is 20.9 Å². The quantitative estimate of drug-likeness (QED) is 0.310. The van der Waals surface area contributed by atoms with E-state index in [0.717, 1.165) is 28.7 Å². The van der Waals surface area contributed by atoms with Crippen molar-refractivity contribution in [2.24, 2.45) is 0 Å². The Balaban J connectivity index is 1.63. The van der Waals surface area contributed by atoms with Gasteiger partial charge in [0.15, 0.2) is 5.82 Å². The van der Waals surface area contributed by atoms with Gasteiger partial charge in [0.05, 0.1) is 18.0 Å². The molecule has 0 saturated carbocycles. The molecule has 43 heavy (non-hydrogen) atoms. The number of aryl methyl sites for hydroxylation is 2. The standard InChI is InChI=1S/C31H37N9O3/c1-30(2,35-17-26(41)40-13-5-6-23(40)16-32)18-31(29-36-38-39-37-29)24-11-9-21(27(42)33-3)14-19(24)7-8-20-15-22(28(43)34-4)10-12-25(20)31/h9-12,14-15,23,35H,5-8,13,17-18H2,1-4H3,(H,33,42)(H,34,43)(H,36,37,38,39). The summed E-state index contributed by atoms with van der Waals surface area (Å²) in [6, 6.07) is 13.2. The maximum Gasteiger partial charge on any atom is 0.251 e. The molecule has 3 amide bonds. The van der Waals surface area contributed by atoms with Crippen LogP contribution in [-0.4, -0.2) is 82.0 Å². The lowest BCUT2D eigenvalue weighted by atomic mass is 9.65. The molecule has 12 heteroatoms. The van der Waals surface area contributed by atoms with Crippen LogP contribution in [0.2, 0.25) is 0 Å². The second kappa shape index (κ2) is 11.9. The number of aromatic nitrogens is 4. The molecule has 4 N–H and O–H groups in total. The Bertz CT molecular complexity index is 1510. The van der Waals surface area contributed by atoms with E-state index in [0.29, 0.717) is 49.2 Å². The Morgan fingerprint density at radius 3 is 2.16 bits per heavy atom. The van der Waals surface area contributed by atoms with E-state index in [9.17, 15) is 19.6 Å². The van der Waals surface area contributed by atoms with Gasteiger partial charge in [0.2, 0.25) is 5.91 Å². The van der Waals surface area contributed by atoms with Crippen LogP contribution in [0.15, 0.2) is 36.4 Å². The zero-order valence-electron chi connectivity index (χ0n) is 25.0. The summed E-state index contributed by atoms with van der Waals surface area (Å²) in [5, 5.41) is 33.9. The predicted molar refractivity (Wildman–Crippen MR) is 158 cm³/mol. The molecule has 1 unspecified atom stereocenters. The summed E-state index contributed by atoms with van der Waals surface area (Å²) in [6.45, 7) is 4.69. The molecular formula is C31H37N9O3. The van der Waals surface area contributed by atoms with Crippen molar-refractivity contribution >= 4 is 17.7 Å². The van der Waals surface area contributed by atoms with Crippen molar-refractivity contribution in [3.8, 4) is 6.07 Å². The molecule has 1 saturated heterocycles. The molecule has 2 aliphatic rings. The van der Waals surface area contributed by atoms with Crippen molar-refractivity contribution in [2.75, 3.05) is 27.2 Å². The fraction of sp³-hybridized carbons (Fsp3) is 0.452. The van der Waals surface area contributed by atoms with Gasteiger partial charge in [-0.1, -0.05) is 17.3 Å². The summed E-state index contributed by atoms with van der Waals surface area (Å²) < 4.78 is 0. The van der Waals surface area contributed by atoms with Crippen LogP contribution in [0.1, 0.15) is 81.9 Å². The second-order valence-corrected chi connectivity index (χ2v) is 11.8. The number of nitrogens with one attached hydrogen (secondary N) is 4. The van der Waals surface area contributed by atoms with Gasteiger partial charge in [-0.05, 0) is 92.5 Å². The average molecular weight is 584 g/mol. The Kier molecular flexibility index (Phi) is 8.28. The smallest absolute Gasteiger partial charge is 0.251 e. The number of amides is 3. The van der Waals surface area contributed by atoms with Gasteiger partial charge >= 0.3 is 0 Å². The van der Waals surface area contributed by atoms with E-state index in [-0.39, 0.29) is 24.3 Å². The fourth-order valence-corrected chi connectivity index (χ4v) is 6.61. The molecule has 2 aromatic carbocycles.